The SMILES string of the molecule is CCOC1CC(Nc2c(C)cccc2CC)C1OC. The van der Waals surface area contributed by atoms with Crippen molar-refractivity contribution in [3.8, 4) is 0 Å². The van der Waals surface area contributed by atoms with E-state index in [1.54, 1.807) is 7.11 Å². The number of hydrogen-bond donors (Lipinski definition) is 1. The van der Waals surface area contributed by atoms with E-state index in [4.69, 9.17) is 9.47 Å². The Morgan fingerprint density at radius 3 is 2.74 bits per heavy atom. The molecule has 0 saturated heterocycles. The molecule has 1 aromatic carbocycles. The number of ether oxygens (including phenoxy) is 2. The van der Waals surface area contributed by atoms with Crippen LogP contribution in [0, 0.1) is 6.92 Å². The number of benzene rings is 1. The van der Waals surface area contributed by atoms with Gasteiger partial charge < -0.3 is 14.8 Å². The number of anilines is 1. The summed E-state index contributed by atoms with van der Waals surface area (Å²) in [6, 6.07) is 6.82. The number of para-hydroxylation sites is 1. The lowest BCUT2D eigenvalue weighted by Crippen LogP contribution is -2.57. The minimum atomic E-state index is 0.157. The fraction of sp³-hybridized carbons (Fsp3) is 0.625. The van der Waals surface area contributed by atoms with Gasteiger partial charge in [-0.05, 0) is 37.8 Å². The van der Waals surface area contributed by atoms with Crippen LogP contribution in [0.15, 0.2) is 18.2 Å². The molecule has 1 saturated carbocycles. The molecule has 0 aromatic heterocycles. The largest absolute Gasteiger partial charge is 0.379 e. The van der Waals surface area contributed by atoms with Crippen molar-refractivity contribution in [2.45, 2.75) is 51.9 Å². The summed E-state index contributed by atoms with van der Waals surface area (Å²) in [6.07, 6.45) is 2.46. The van der Waals surface area contributed by atoms with Crippen LogP contribution < -0.4 is 5.32 Å². The molecule has 1 aliphatic rings. The maximum atomic E-state index is 5.67. The van der Waals surface area contributed by atoms with E-state index in [1.165, 1.54) is 16.8 Å². The summed E-state index contributed by atoms with van der Waals surface area (Å²) in [5, 5.41) is 3.65. The van der Waals surface area contributed by atoms with Crippen LogP contribution in [0.2, 0.25) is 0 Å². The molecule has 1 N–H and O–H groups in total. The number of hydrogen-bond acceptors (Lipinski definition) is 3. The molecule has 106 valence electrons. The normalized spacial score (nSPS) is 26.0. The molecule has 1 aliphatic carbocycles. The second kappa shape index (κ2) is 6.40. The molecular formula is C16H25NO2. The van der Waals surface area contributed by atoms with Gasteiger partial charge in [0.1, 0.15) is 6.10 Å². The van der Waals surface area contributed by atoms with Gasteiger partial charge in [-0.3, -0.25) is 0 Å². The summed E-state index contributed by atoms with van der Waals surface area (Å²) in [6.45, 7) is 7.13. The summed E-state index contributed by atoms with van der Waals surface area (Å²) >= 11 is 0. The van der Waals surface area contributed by atoms with E-state index >= 15 is 0 Å². The van der Waals surface area contributed by atoms with Crippen molar-refractivity contribution in [1.82, 2.24) is 0 Å². The first-order valence-electron chi connectivity index (χ1n) is 7.20. The van der Waals surface area contributed by atoms with Gasteiger partial charge in [-0.15, -0.1) is 0 Å². The van der Waals surface area contributed by atoms with Crippen LogP contribution >= 0.6 is 0 Å². The maximum absolute atomic E-state index is 5.67. The smallest absolute Gasteiger partial charge is 0.103 e. The third kappa shape index (κ3) is 2.93. The summed E-state index contributed by atoms with van der Waals surface area (Å²) < 4.78 is 11.2. The van der Waals surface area contributed by atoms with Crippen LogP contribution in [0.25, 0.3) is 0 Å². The highest BCUT2D eigenvalue weighted by Gasteiger charge is 2.42. The molecule has 0 spiro atoms. The van der Waals surface area contributed by atoms with Crippen LogP contribution in [0.3, 0.4) is 0 Å². The van der Waals surface area contributed by atoms with Crippen LogP contribution in [0.1, 0.15) is 31.4 Å². The minimum absolute atomic E-state index is 0.157. The highest BCUT2D eigenvalue weighted by molar-refractivity contribution is 5.58. The van der Waals surface area contributed by atoms with Crippen molar-refractivity contribution in [3.63, 3.8) is 0 Å². The molecule has 3 nitrogen and oxygen atoms in total. The Hall–Kier alpha value is -1.06. The van der Waals surface area contributed by atoms with Crippen LogP contribution in [0.5, 0.6) is 0 Å². The Bertz CT molecular complexity index is 419. The fourth-order valence-electron chi connectivity index (χ4n) is 2.83. The van der Waals surface area contributed by atoms with Gasteiger partial charge in [0.15, 0.2) is 0 Å². The highest BCUT2D eigenvalue weighted by atomic mass is 16.5. The Balaban J connectivity index is 2.06. The topological polar surface area (TPSA) is 30.5 Å². The third-order valence-corrected chi connectivity index (χ3v) is 3.97. The molecule has 0 aliphatic heterocycles. The lowest BCUT2D eigenvalue weighted by Gasteiger charge is -2.44. The van der Waals surface area contributed by atoms with Gasteiger partial charge in [0.25, 0.3) is 0 Å². The van der Waals surface area contributed by atoms with Crippen molar-refractivity contribution in [1.29, 1.82) is 0 Å². The fourth-order valence-corrected chi connectivity index (χ4v) is 2.83. The molecule has 0 bridgehead atoms. The summed E-state index contributed by atoms with van der Waals surface area (Å²) in [5.41, 5.74) is 3.94. The first-order valence-corrected chi connectivity index (χ1v) is 7.20. The zero-order valence-corrected chi connectivity index (χ0v) is 12.4. The second-order valence-electron chi connectivity index (χ2n) is 5.14. The summed E-state index contributed by atoms with van der Waals surface area (Å²) in [4.78, 5) is 0. The van der Waals surface area contributed by atoms with Crippen molar-refractivity contribution in [3.05, 3.63) is 29.3 Å². The predicted molar refractivity (Wildman–Crippen MR) is 78.8 cm³/mol. The molecule has 3 atom stereocenters. The minimum Gasteiger partial charge on any atom is -0.379 e. The van der Waals surface area contributed by atoms with E-state index in [0.29, 0.717) is 6.04 Å². The van der Waals surface area contributed by atoms with E-state index in [9.17, 15) is 0 Å². The molecule has 19 heavy (non-hydrogen) atoms. The van der Waals surface area contributed by atoms with Crippen molar-refractivity contribution < 1.29 is 9.47 Å². The van der Waals surface area contributed by atoms with E-state index in [0.717, 1.165) is 19.4 Å². The van der Waals surface area contributed by atoms with E-state index in [-0.39, 0.29) is 12.2 Å². The average molecular weight is 263 g/mol. The van der Waals surface area contributed by atoms with Gasteiger partial charge in [-0.2, -0.15) is 0 Å². The molecule has 0 heterocycles. The molecule has 3 unspecified atom stereocenters. The van der Waals surface area contributed by atoms with Gasteiger partial charge in [0.2, 0.25) is 0 Å². The van der Waals surface area contributed by atoms with Gasteiger partial charge in [-0.1, -0.05) is 25.1 Å². The molecule has 2 rings (SSSR count). The van der Waals surface area contributed by atoms with Crippen LogP contribution in [-0.4, -0.2) is 32.0 Å². The number of nitrogens with one attached hydrogen (secondary N) is 1. The Morgan fingerprint density at radius 2 is 2.11 bits per heavy atom. The van der Waals surface area contributed by atoms with E-state index < -0.39 is 0 Å². The third-order valence-electron chi connectivity index (χ3n) is 3.97. The number of rotatable bonds is 6. The molecular weight excluding hydrogens is 238 g/mol. The van der Waals surface area contributed by atoms with E-state index in [2.05, 4.69) is 37.4 Å². The van der Waals surface area contributed by atoms with Gasteiger partial charge in [0.05, 0.1) is 12.1 Å². The van der Waals surface area contributed by atoms with Crippen molar-refractivity contribution >= 4 is 5.69 Å². The van der Waals surface area contributed by atoms with E-state index in [1.807, 2.05) is 6.92 Å². The second-order valence-corrected chi connectivity index (χ2v) is 5.14. The summed E-state index contributed by atoms with van der Waals surface area (Å²) in [5.74, 6) is 0. The summed E-state index contributed by atoms with van der Waals surface area (Å²) in [7, 11) is 1.77. The molecule has 0 radical (unpaired) electrons. The van der Waals surface area contributed by atoms with Crippen molar-refractivity contribution in [2.75, 3.05) is 19.0 Å². The number of aryl methyl sites for hydroxylation is 2. The molecule has 0 amide bonds. The lowest BCUT2D eigenvalue weighted by molar-refractivity contribution is -0.118. The first-order chi connectivity index (χ1) is 9.21. The van der Waals surface area contributed by atoms with Gasteiger partial charge in [-0.25, -0.2) is 0 Å². The molecule has 3 heteroatoms. The Morgan fingerprint density at radius 1 is 1.32 bits per heavy atom. The maximum Gasteiger partial charge on any atom is 0.103 e. The van der Waals surface area contributed by atoms with Gasteiger partial charge in [0, 0.05) is 19.4 Å². The van der Waals surface area contributed by atoms with Crippen LogP contribution in [0.4, 0.5) is 5.69 Å². The zero-order chi connectivity index (χ0) is 13.8. The standard InChI is InChI=1S/C16H25NO2/c1-5-12-9-7-8-11(3)15(12)17-13-10-14(19-6-2)16(13)18-4/h7-9,13-14,16-17H,5-6,10H2,1-4H3. The van der Waals surface area contributed by atoms with Crippen molar-refractivity contribution in [2.24, 2.45) is 0 Å². The van der Waals surface area contributed by atoms with Crippen LogP contribution in [-0.2, 0) is 15.9 Å². The lowest BCUT2D eigenvalue weighted by atomic mass is 9.84. The predicted octanol–water partition coefficient (Wildman–Crippen LogP) is 3.16. The monoisotopic (exact) mass is 263 g/mol. The number of methoxy groups -OCH3 is 1. The van der Waals surface area contributed by atoms with Gasteiger partial charge >= 0.3 is 0 Å². The first kappa shape index (κ1) is 14.4. The average Bonchev–Trinajstić information content (AvgIpc) is 2.39. The Labute approximate surface area is 116 Å². The Kier molecular flexibility index (Phi) is 4.83. The highest BCUT2D eigenvalue weighted by Crippen LogP contribution is 2.32. The quantitative estimate of drug-likeness (QED) is 0.855. The zero-order valence-electron chi connectivity index (χ0n) is 12.4. The molecule has 1 aromatic rings. The molecule has 1 fully saturated rings.